The molecule has 2 rings (SSSR count). The first-order valence-electron chi connectivity index (χ1n) is 5.86. The Balaban J connectivity index is 2.21. The number of ether oxygens (including phenoxy) is 2. The number of nitrogens with two attached hydrogens (primary N) is 1. The standard InChI is InChI=1S/C13H11ClF3NO2S/c14-12-6-5-11(21-12)10(7-18)19-8-3-1-2-4-9(8)20-13(15,16)17/h1-6,10H,7,18H2. The molecule has 0 radical (unpaired) electrons. The maximum absolute atomic E-state index is 12.3. The van der Waals surface area contributed by atoms with E-state index in [0.717, 1.165) is 4.88 Å². The molecule has 3 nitrogen and oxygen atoms in total. The summed E-state index contributed by atoms with van der Waals surface area (Å²) < 4.78 is 47.1. The van der Waals surface area contributed by atoms with Gasteiger partial charge in [0, 0.05) is 11.4 Å². The molecule has 0 spiro atoms. The molecule has 0 aliphatic rings. The van der Waals surface area contributed by atoms with Crippen molar-refractivity contribution in [3.8, 4) is 11.5 Å². The van der Waals surface area contributed by atoms with Crippen LogP contribution in [0, 0.1) is 0 Å². The van der Waals surface area contributed by atoms with Crippen molar-refractivity contribution in [1.29, 1.82) is 0 Å². The van der Waals surface area contributed by atoms with Crippen molar-refractivity contribution in [3.05, 3.63) is 45.6 Å². The van der Waals surface area contributed by atoms with Gasteiger partial charge in [0.05, 0.1) is 4.34 Å². The molecule has 0 saturated heterocycles. The topological polar surface area (TPSA) is 44.5 Å². The third-order valence-corrected chi connectivity index (χ3v) is 3.79. The van der Waals surface area contributed by atoms with Gasteiger partial charge in [0.15, 0.2) is 11.5 Å². The van der Waals surface area contributed by atoms with Crippen LogP contribution in [0.3, 0.4) is 0 Å². The van der Waals surface area contributed by atoms with Gasteiger partial charge in [-0.15, -0.1) is 24.5 Å². The number of hydrogen-bond donors (Lipinski definition) is 1. The molecule has 1 unspecified atom stereocenters. The third-order valence-electron chi connectivity index (χ3n) is 2.47. The Bertz CT molecular complexity index is 603. The number of thiophene rings is 1. The molecule has 2 N–H and O–H groups in total. The molecule has 0 fully saturated rings. The molecular weight excluding hydrogens is 327 g/mol. The normalized spacial score (nSPS) is 13.0. The van der Waals surface area contributed by atoms with Gasteiger partial charge < -0.3 is 15.2 Å². The molecule has 0 amide bonds. The maximum Gasteiger partial charge on any atom is 0.573 e. The van der Waals surface area contributed by atoms with Crippen molar-refractivity contribution in [2.24, 2.45) is 5.73 Å². The number of alkyl halides is 3. The highest BCUT2D eigenvalue weighted by Crippen LogP contribution is 2.36. The van der Waals surface area contributed by atoms with Gasteiger partial charge in [0.25, 0.3) is 0 Å². The second-order valence-corrected chi connectivity index (χ2v) is 5.73. The summed E-state index contributed by atoms with van der Waals surface area (Å²) in [7, 11) is 0. The van der Waals surface area contributed by atoms with Crippen LogP contribution >= 0.6 is 22.9 Å². The van der Waals surface area contributed by atoms with Crippen LogP contribution in [-0.4, -0.2) is 12.9 Å². The Morgan fingerprint density at radius 1 is 1.14 bits per heavy atom. The van der Waals surface area contributed by atoms with E-state index in [-0.39, 0.29) is 12.3 Å². The molecule has 0 aliphatic heterocycles. The van der Waals surface area contributed by atoms with Crippen LogP contribution in [0.1, 0.15) is 11.0 Å². The number of halogens is 4. The van der Waals surface area contributed by atoms with E-state index in [1.54, 1.807) is 18.2 Å². The van der Waals surface area contributed by atoms with Crippen molar-refractivity contribution in [2.45, 2.75) is 12.5 Å². The van der Waals surface area contributed by atoms with Gasteiger partial charge in [-0.2, -0.15) is 0 Å². The molecule has 114 valence electrons. The van der Waals surface area contributed by atoms with E-state index in [1.807, 2.05) is 0 Å². The van der Waals surface area contributed by atoms with Crippen LogP contribution in [0.2, 0.25) is 4.34 Å². The largest absolute Gasteiger partial charge is 0.573 e. The summed E-state index contributed by atoms with van der Waals surface area (Å²) in [5.74, 6) is -0.444. The van der Waals surface area contributed by atoms with Gasteiger partial charge in [-0.1, -0.05) is 23.7 Å². The summed E-state index contributed by atoms with van der Waals surface area (Å²) >= 11 is 7.09. The van der Waals surface area contributed by atoms with E-state index in [4.69, 9.17) is 22.1 Å². The molecule has 1 aromatic carbocycles. The van der Waals surface area contributed by atoms with Gasteiger partial charge in [0.2, 0.25) is 0 Å². The Morgan fingerprint density at radius 3 is 2.33 bits per heavy atom. The fourth-order valence-corrected chi connectivity index (χ4v) is 2.74. The lowest BCUT2D eigenvalue weighted by atomic mass is 10.2. The van der Waals surface area contributed by atoms with Crippen molar-refractivity contribution in [3.63, 3.8) is 0 Å². The lowest BCUT2D eigenvalue weighted by Crippen LogP contribution is -2.20. The number of rotatable bonds is 5. The molecule has 21 heavy (non-hydrogen) atoms. The zero-order chi connectivity index (χ0) is 15.5. The van der Waals surface area contributed by atoms with Crippen molar-refractivity contribution in [1.82, 2.24) is 0 Å². The second kappa shape index (κ2) is 6.55. The molecule has 1 heterocycles. The second-order valence-electron chi connectivity index (χ2n) is 3.98. The summed E-state index contributed by atoms with van der Waals surface area (Å²) in [6, 6.07) is 8.93. The molecule has 8 heteroatoms. The Kier molecular flexibility index (Phi) is 4.97. The van der Waals surface area contributed by atoms with Gasteiger partial charge >= 0.3 is 6.36 Å². The van der Waals surface area contributed by atoms with Crippen molar-refractivity contribution in [2.75, 3.05) is 6.54 Å². The molecule has 0 aliphatic carbocycles. The first-order chi connectivity index (χ1) is 9.89. The molecule has 1 aromatic heterocycles. The molecule has 1 atom stereocenters. The minimum atomic E-state index is -4.79. The zero-order valence-electron chi connectivity index (χ0n) is 10.6. The van der Waals surface area contributed by atoms with E-state index in [9.17, 15) is 13.2 Å². The zero-order valence-corrected chi connectivity index (χ0v) is 12.1. The lowest BCUT2D eigenvalue weighted by Gasteiger charge is -2.19. The van der Waals surface area contributed by atoms with Crippen LogP contribution < -0.4 is 15.2 Å². The van der Waals surface area contributed by atoms with E-state index >= 15 is 0 Å². The van der Waals surface area contributed by atoms with Crippen LogP contribution in [0.5, 0.6) is 11.5 Å². The van der Waals surface area contributed by atoms with E-state index < -0.39 is 18.2 Å². The Morgan fingerprint density at radius 2 is 1.81 bits per heavy atom. The summed E-state index contributed by atoms with van der Waals surface area (Å²) in [6.45, 7) is 0.0944. The highest BCUT2D eigenvalue weighted by Gasteiger charge is 2.32. The summed E-state index contributed by atoms with van der Waals surface area (Å²) in [4.78, 5) is 0.726. The highest BCUT2D eigenvalue weighted by molar-refractivity contribution is 7.16. The van der Waals surface area contributed by atoms with Gasteiger partial charge in [-0.05, 0) is 24.3 Å². The first kappa shape index (κ1) is 15.9. The van der Waals surface area contributed by atoms with Gasteiger partial charge in [0.1, 0.15) is 6.10 Å². The van der Waals surface area contributed by atoms with Gasteiger partial charge in [-0.3, -0.25) is 0 Å². The summed E-state index contributed by atoms with van der Waals surface area (Å²) in [5.41, 5.74) is 5.61. The quantitative estimate of drug-likeness (QED) is 0.880. The third kappa shape index (κ3) is 4.52. The summed E-state index contributed by atoms with van der Waals surface area (Å²) in [6.07, 6.45) is -5.38. The van der Waals surface area contributed by atoms with Crippen LogP contribution in [0.4, 0.5) is 13.2 Å². The van der Waals surface area contributed by atoms with Crippen LogP contribution in [-0.2, 0) is 0 Å². The highest BCUT2D eigenvalue weighted by atomic mass is 35.5. The maximum atomic E-state index is 12.3. The van der Waals surface area contributed by atoms with Crippen LogP contribution in [0.15, 0.2) is 36.4 Å². The fraction of sp³-hybridized carbons (Fsp3) is 0.231. The van der Waals surface area contributed by atoms with E-state index in [0.29, 0.717) is 4.34 Å². The van der Waals surface area contributed by atoms with Gasteiger partial charge in [-0.25, -0.2) is 0 Å². The average Bonchev–Trinajstić information content (AvgIpc) is 2.82. The lowest BCUT2D eigenvalue weighted by molar-refractivity contribution is -0.275. The van der Waals surface area contributed by atoms with E-state index in [2.05, 4.69) is 4.74 Å². The SMILES string of the molecule is NCC(Oc1ccccc1OC(F)(F)F)c1ccc(Cl)s1. The van der Waals surface area contributed by atoms with Crippen molar-refractivity contribution >= 4 is 22.9 Å². The Hall–Kier alpha value is -1.44. The molecular formula is C13H11ClF3NO2S. The Labute approximate surface area is 128 Å². The van der Waals surface area contributed by atoms with E-state index in [1.165, 1.54) is 29.5 Å². The number of hydrogen-bond acceptors (Lipinski definition) is 4. The first-order valence-corrected chi connectivity index (χ1v) is 7.05. The average molecular weight is 338 g/mol. The predicted molar refractivity (Wildman–Crippen MR) is 74.9 cm³/mol. The molecule has 2 aromatic rings. The molecule has 0 saturated carbocycles. The number of benzene rings is 1. The molecule has 0 bridgehead atoms. The summed E-state index contributed by atoms with van der Waals surface area (Å²) in [5, 5.41) is 0. The fourth-order valence-electron chi connectivity index (χ4n) is 1.63. The van der Waals surface area contributed by atoms with Crippen molar-refractivity contribution < 1.29 is 22.6 Å². The minimum Gasteiger partial charge on any atom is -0.480 e. The van der Waals surface area contributed by atoms with Crippen LogP contribution in [0.25, 0.3) is 0 Å². The smallest absolute Gasteiger partial charge is 0.480 e. The number of para-hydroxylation sites is 2. The monoisotopic (exact) mass is 337 g/mol. The minimum absolute atomic E-state index is 0.0326. The predicted octanol–water partition coefficient (Wildman–Crippen LogP) is 4.38.